The second kappa shape index (κ2) is 9.58. The summed E-state index contributed by atoms with van der Waals surface area (Å²) in [5.74, 6) is 0.0517. The van der Waals surface area contributed by atoms with E-state index >= 15 is 0 Å². The Kier molecular flexibility index (Phi) is 9.19. The summed E-state index contributed by atoms with van der Waals surface area (Å²) < 4.78 is 0. The number of carbonyl (C=O) groups excluding carboxylic acids is 1. The standard InChI is InChI=1S/C12H24N2OS/c1-3-4-5-6-7-8-9-11(15)14-10(2)12(13)16/h10H,3-9H2,1-2H3,(H2,13,16)(H,14,15). The molecule has 0 aromatic rings. The lowest BCUT2D eigenvalue weighted by molar-refractivity contribution is -0.121. The van der Waals surface area contributed by atoms with E-state index in [4.69, 9.17) is 18.0 Å². The van der Waals surface area contributed by atoms with Crippen molar-refractivity contribution in [1.29, 1.82) is 0 Å². The van der Waals surface area contributed by atoms with Crippen LogP contribution >= 0.6 is 12.2 Å². The molecular weight excluding hydrogens is 220 g/mol. The lowest BCUT2D eigenvalue weighted by Gasteiger charge is -2.11. The van der Waals surface area contributed by atoms with Crippen LogP contribution in [0, 0.1) is 0 Å². The second-order valence-electron chi connectivity index (χ2n) is 4.21. The zero-order valence-electron chi connectivity index (χ0n) is 10.4. The van der Waals surface area contributed by atoms with Crippen LogP contribution in [0.4, 0.5) is 0 Å². The molecule has 94 valence electrons. The van der Waals surface area contributed by atoms with Crippen LogP contribution in [0.2, 0.25) is 0 Å². The molecule has 1 atom stereocenters. The number of thiocarbonyl (C=S) groups is 1. The van der Waals surface area contributed by atoms with Crippen molar-refractivity contribution in [2.24, 2.45) is 5.73 Å². The molecule has 0 fully saturated rings. The van der Waals surface area contributed by atoms with Crippen molar-refractivity contribution in [2.45, 2.75) is 64.8 Å². The molecule has 1 unspecified atom stereocenters. The Labute approximate surface area is 104 Å². The molecule has 4 heteroatoms. The van der Waals surface area contributed by atoms with Gasteiger partial charge in [0, 0.05) is 6.42 Å². The molecule has 3 nitrogen and oxygen atoms in total. The fourth-order valence-corrected chi connectivity index (χ4v) is 1.51. The average molecular weight is 244 g/mol. The van der Waals surface area contributed by atoms with Gasteiger partial charge in [0.05, 0.1) is 11.0 Å². The van der Waals surface area contributed by atoms with Gasteiger partial charge in [-0.1, -0.05) is 51.2 Å². The van der Waals surface area contributed by atoms with Crippen molar-refractivity contribution in [3.63, 3.8) is 0 Å². The predicted molar refractivity (Wildman–Crippen MR) is 72.4 cm³/mol. The maximum atomic E-state index is 11.4. The minimum absolute atomic E-state index is 0.0517. The molecule has 0 aliphatic rings. The Balaban J connectivity index is 3.40. The molecule has 1 amide bonds. The minimum Gasteiger partial charge on any atom is -0.392 e. The second-order valence-corrected chi connectivity index (χ2v) is 4.68. The summed E-state index contributed by atoms with van der Waals surface area (Å²) in [4.78, 5) is 11.8. The first-order valence-corrected chi connectivity index (χ1v) is 6.57. The van der Waals surface area contributed by atoms with Gasteiger partial charge < -0.3 is 11.1 Å². The number of rotatable bonds is 9. The third-order valence-electron chi connectivity index (χ3n) is 2.56. The van der Waals surface area contributed by atoms with Crippen LogP contribution in [0.1, 0.15) is 58.8 Å². The average Bonchev–Trinajstić information content (AvgIpc) is 2.23. The lowest BCUT2D eigenvalue weighted by Crippen LogP contribution is -2.41. The fourth-order valence-electron chi connectivity index (χ4n) is 1.45. The van der Waals surface area contributed by atoms with Crippen LogP contribution in [0.3, 0.4) is 0 Å². The first-order chi connectivity index (χ1) is 7.57. The van der Waals surface area contributed by atoms with E-state index in [1.165, 1.54) is 25.7 Å². The smallest absolute Gasteiger partial charge is 0.220 e. The number of amides is 1. The first kappa shape index (κ1) is 15.4. The van der Waals surface area contributed by atoms with Gasteiger partial charge in [-0.3, -0.25) is 4.79 Å². The molecule has 0 saturated heterocycles. The van der Waals surface area contributed by atoms with Crippen LogP contribution in [-0.4, -0.2) is 16.9 Å². The van der Waals surface area contributed by atoms with Gasteiger partial charge in [0.25, 0.3) is 0 Å². The molecule has 0 radical (unpaired) electrons. The summed E-state index contributed by atoms with van der Waals surface area (Å²) >= 11 is 4.78. The number of carbonyl (C=O) groups is 1. The molecule has 0 spiro atoms. The molecule has 0 heterocycles. The summed E-state index contributed by atoms with van der Waals surface area (Å²) in [5.41, 5.74) is 5.41. The van der Waals surface area contributed by atoms with E-state index in [0.717, 1.165) is 12.8 Å². The largest absolute Gasteiger partial charge is 0.392 e. The fraction of sp³-hybridized carbons (Fsp3) is 0.833. The molecule has 0 aromatic heterocycles. The number of nitrogens with one attached hydrogen (secondary N) is 1. The lowest BCUT2D eigenvalue weighted by atomic mass is 10.1. The summed E-state index contributed by atoms with van der Waals surface area (Å²) in [6.07, 6.45) is 7.73. The summed E-state index contributed by atoms with van der Waals surface area (Å²) in [6.45, 7) is 4.01. The number of unbranched alkanes of at least 4 members (excludes halogenated alkanes) is 5. The molecule has 3 N–H and O–H groups in total. The maximum absolute atomic E-state index is 11.4. The zero-order chi connectivity index (χ0) is 12.4. The number of hydrogen-bond acceptors (Lipinski definition) is 2. The minimum atomic E-state index is -0.192. The SMILES string of the molecule is CCCCCCCCC(=O)NC(C)C(N)=S. The van der Waals surface area contributed by atoms with Gasteiger partial charge in [0.1, 0.15) is 0 Å². The quantitative estimate of drug-likeness (QED) is 0.484. The zero-order valence-corrected chi connectivity index (χ0v) is 11.2. The molecule has 0 aliphatic heterocycles. The summed E-state index contributed by atoms with van der Waals surface area (Å²) in [7, 11) is 0. The van der Waals surface area contributed by atoms with Gasteiger partial charge in [-0.15, -0.1) is 0 Å². The predicted octanol–water partition coefficient (Wildman–Crippen LogP) is 2.53. The van der Waals surface area contributed by atoms with E-state index in [9.17, 15) is 4.79 Å². The van der Waals surface area contributed by atoms with Gasteiger partial charge in [0.15, 0.2) is 0 Å². The van der Waals surface area contributed by atoms with E-state index < -0.39 is 0 Å². The molecule has 0 aliphatic carbocycles. The van der Waals surface area contributed by atoms with Gasteiger partial charge in [-0.25, -0.2) is 0 Å². The highest BCUT2D eigenvalue weighted by Gasteiger charge is 2.08. The molecule has 0 rings (SSSR count). The van der Waals surface area contributed by atoms with Crippen molar-refractivity contribution >= 4 is 23.1 Å². The molecule has 0 aromatic carbocycles. The van der Waals surface area contributed by atoms with Gasteiger partial charge >= 0.3 is 0 Å². The van der Waals surface area contributed by atoms with Crippen molar-refractivity contribution in [1.82, 2.24) is 5.32 Å². The third kappa shape index (κ3) is 8.65. The summed E-state index contributed by atoms with van der Waals surface area (Å²) in [5, 5.41) is 2.78. The van der Waals surface area contributed by atoms with Crippen LogP contribution in [-0.2, 0) is 4.79 Å². The van der Waals surface area contributed by atoms with Crippen molar-refractivity contribution in [3.05, 3.63) is 0 Å². The Bertz CT molecular complexity index is 219. The van der Waals surface area contributed by atoms with Crippen LogP contribution in [0.25, 0.3) is 0 Å². The number of hydrogen-bond donors (Lipinski definition) is 2. The highest BCUT2D eigenvalue weighted by atomic mass is 32.1. The maximum Gasteiger partial charge on any atom is 0.220 e. The van der Waals surface area contributed by atoms with Crippen LogP contribution in [0.15, 0.2) is 0 Å². The van der Waals surface area contributed by atoms with E-state index in [1.54, 1.807) is 0 Å². The van der Waals surface area contributed by atoms with Crippen molar-refractivity contribution in [2.75, 3.05) is 0 Å². The number of nitrogens with two attached hydrogens (primary N) is 1. The monoisotopic (exact) mass is 244 g/mol. The normalized spacial score (nSPS) is 12.1. The van der Waals surface area contributed by atoms with Gasteiger partial charge in [-0.2, -0.15) is 0 Å². The third-order valence-corrected chi connectivity index (χ3v) is 2.92. The first-order valence-electron chi connectivity index (χ1n) is 6.16. The Morgan fingerprint density at radius 2 is 1.81 bits per heavy atom. The van der Waals surface area contributed by atoms with Gasteiger partial charge in [-0.05, 0) is 13.3 Å². The topological polar surface area (TPSA) is 55.1 Å². The van der Waals surface area contributed by atoms with Crippen LogP contribution < -0.4 is 11.1 Å². The highest BCUT2D eigenvalue weighted by Crippen LogP contribution is 2.06. The Morgan fingerprint density at radius 3 is 2.38 bits per heavy atom. The van der Waals surface area contributed by atoms with E-state index in [2.05, 4.69) is 12.2 Å². The van der Waals surface area contributed by atoms with E-state index in [1.807, 2.05) is 6.92 Å². The highest BCUT2D eigenvalue weighted by molar-refractivity contribution is 7.80. The van der Waals surface area contributed by atoms with Crippen LogP contribution in [0.5, 0.6) is 0 Å². The van der Waals surface area contributed by atoms with Crippen molar-refractivity contribution in [3.8, 4) is 0 Å². The summed E-state index contributed by atoms with van der Waals surface area (Å²) in [6, 6.07) is -0.192. The van der Waals surface area contributed by atoms with E-state index in [0.29, 0.717) is 11.4 Å². The molecule has 16 heavy (non-hydrogen) atoms. The van der Waals surface area contributed by atoms with Crippen molar-refractivity contribution < 1.29 is 4.79 Å². The Hall–Kier alpha value is -0.640. The van der Waals surface area contributed by atoms with E-state index in [-0.39, 0.29) is 11.9 Å². The molecule has 0 saturated carbocycles. The Morgan fingerprint density at radius 1 is 1.25 bits per heavy atom. The molecular formula is C12H24N2OS. The van der Waals surface area contributed by atoms with Gasteiger partial charge in [0.2, 0.25) is 5.91 Å². The molecule has 0 bridgehead atoms.